The fourth-order valence-electron chi connectivity index (χ4n) is 3.26. The van der Waals surface area contributed by atoms with Crippen molar-refractivity contribution in [1.82, 2.24) is 14.8 Å². The van der Waals surface area contributed by atoms with Crippen LogP contribution in [0.15, 0.2) is 48.7 Å². The third-order valence-corrected chi connectivity index (χ3v) is 4.78. The maximum Gasteiger partial charge on any atom is 0.238 e. The summed E-state index contributed by atoms with van der Waals surface area (Å²) in [5.41, 5.74) is 0.666. The van der Waals surface area contributed by atoms with Crippen molar-refractivity contribution in [2.75, 3.05) is 63.6 Å². The summed E-state index contributed by atoms with van der Waals surface area (Å²) in [6.45, 7) is 3.15. The zero-order valence-electron chi connectivity index (χ0n) is 16.9. The van der Waals surface area contributed by atoms with E-state index in [0.29, 0.717) is 24.5 Å². The van der Waals surface area contributed by atoms with Gasteiger partial charge >= 0.3 is 0 Å². The van der Waals surface area contributed by atoms with Crippen molar-refractivity contribution in [3.8, 4) is 5.75 Å². The maximum atomic E-state index is 12.6. The Hall–Kier alpha value is -3.13. The van der Waals surface area contributed by atoms with Gasteiger partial charge < -0.3 is 19.9 Å². The van der Waals surface area contributed by atoms with Crippen LogP contribution < -0.4 is 15.0 Å². The van der Waals surface area contributed by atoms with E-state index in [1.54, 1.807) is 37.4 Å². The number of rotatable bonds is 7. The van der Waals surface area contributed by atoms with Crippen molar-refractivity contribution >= 4 is 23.3 Å². The number of nitrogens with zero attached hydrogens (tertiary/aromatic N) is 4. The molecule has 2 amide bonds. The molecule has 8 heteroatoms. The van der Waals surface area contributed by atoms with Gasteiger partial charge in [0.15, 0.2) is 0 Å². The first-order valence-electron chi connectivity index (χ1n) is 9.61. The SMILES string of the molecule is COc1cccc(NC(=O)CN(C)CC(=O)N2CCN(c3ccccn3)CC2)c1. The van der Waals surface area contributed by atoms with Gasteiger partial charge in [0, 0.05) is 44.1 Å². The monoisotopic (exact) mass is 397 g/mol. The molecule has 0 bridgehead atoms. The molecule has 154 valence electrons. The van der Waals surface area contributed by atoms with Crippen molar-refractivity contribution in [2.24, 2.45) is 0 Å². The smallest absolute Gasteiger partial charge is 0.238 e. The molecule has 8 nitrogen and oxygen atoms in total. The highest BCUT2D eigenvalue weighted by molar-refractivity contribution is 5.92. The van der Waals surface area contributed by atoms with Gasteiger partial charge in [-0.15, -0.1) is 0 Å². The Morgan fingerprint density at radius 2 is 1.90 bits per heavy atom. The van der Waals surface area contributed by atoms with Crippen LogP contribution in [0.2, 0.25) is 0 Å². The molecule has 1 N–H and O–H groups in total. The Labute approximate surface area is 171 Å². The molecule has 3 rings (SSSR count). The van der Waals surface area contributed by atoms with Crippen LogP contribution in [0, 0.1) is 0 Å². The minimum absolute atomic E-state index is 0.0300. The van der Waals surface area contributed by atoms with Crippen molar-refractivity contribution in [3.63, 3.8) is 0 Å². The van der Waals surface area contributed by atoms with Crippen LogP contribution in [0.25, 0.3) is 0 Å². The molecule has 1 aromatic heterocycles. The van der Waals surface area contributed by atoms with E-state index in [-0.39, 0.29) is 24.9 Å². The Morgan fingerprint density at radius 1 is 1.10 bits per heavy atom. The number of anilines is 2. The highest BCUT2D eigenvalue weighted by Crippen LogP contribution is 2.16. The van der Waals surface area contributed by atoms with E-state index >= 15 is 0 Å². The average molecular weight is 397 g/mol. The summed E-state index contributed by atoms with van der Waals surface area (Å²) in [5, 5.41) is 2.83. The van der Waals surface area contributed by atoms with E-state index in [1.165, 1.54) is 0 Å². The first kappa shape index (κ1) is 20.6. The van der Waals surface area contributed by atoms with E-state index in [1.807, 2.05) is 35.2 Å². The number of ether oxygens (including phenoxy) is 1. The number of methoxy groups -OCH3 is 1. The molecule has 1 aliphatic heterocycles. The van der Waals surface area contributed by atoms with Gasteiger partial charge in [-0.05, 0) is 31.3 Å². The highest BCUT2D eigenvalue weighted by atomic mass is 16.5. The maximum absolute atomic E-state index is 12.6. The number of piperazine rings is 1. The van der Waals surface area contributed by atoms with E-state index in [9.17, 15) is 9.59 Å². The Bertz CT molecular complexity index is 822. The molecule has 1 fully saturated rings. The lowest BCUT2D eigenvalue weighted by molar-refractivity contribution is -0.132. The van der Waals surface area contributed by atoms with Gasteiger partial charge in [0.2, 0.25) is 11.8 Å². The summed E-state index contributed by atoms with van der Waals surface area (Å²) in [6, 6.07) is 13.0. The molecule has 2 heterocycles. The normalized spacial score (nSPS) is 14.0. The highest BCUT2D eigenvalue weighted by Gasteiger charge is 2.23. The van der Waals surface area contributed by atoms with E-state index in [2.05, 4.69) is 15.2 Å². The summed E-state index contributed by atoms with van der Waals surface area (Å²) < 4.78 is 5.15. The van der Waals surface area contributed by atoms with Crippen LogP contribution in [0.4, 0.5) is 11.5 Å². The van der Waals surface area contributed by atoms with Gasteiger partial charge in [-0.2, -0.15) is 0 Å². The first-order chi connectivity index (χ1) is 14.0. The van der Waals surface area contributed by atoms with Crippen LogP contribution in [-0.2, 0) is 9.59 Å². The predicted octanol–water partition coefficient (Wildman–Crippen LogP) is 1.31. The largest absolute Gasteiger partial charge is 0.497 e. The van der Waals surface area contributed by atoms with Crippen molar-refractivity contribution in [3.05, 3.63) is 48.7 Å². The van der Waals surface area contributed by atoms with Crippen molar-refractivity contribution in [1.29, 1.82) is 0 Å². The number of hydrogen-bond donors (Lipinski definition) is 1. The quantitative estimate of drug-likeness (QED) is 0.759. The molecule has 0 unspecified atom stereocenters. The molecular formula is C21H27N5O3. The fourth-order valence-corrected chi connectivity index (χ4v) is 3.26. The molecule has 0 radical (unpaired) electrons. The van der Waals surface area contributed by atoms with Crippen LogP contribution in [0.1, 0.15) is 0 Å². The molecule has 29 heavy (non-hydrogen) atoms. The fraction of sp³-hybridized carbons (Fsp3) is 0.381. The Kier molecular flexibility index (Phi) is 7.02. The lowest BCUT2D eigenvalue weighted by Crippen LogP contribution is -2.51. The van der Waals surface area contributed by atoms with E-state index in [4.69, 9.17) is 4.74 Å². The Balaban J connectivity index is 1.42. The molecule has 1 saturated heterocycles. The molecule has 0 spiro atoms. The molecule has 2 aromatic rings. The number of aromatic nitrogens is 1. The molecule has 1 aliphatic rings. The minimum atomic E-state index is -0.173. The van der Waals surface area contributed by atoms with Gasteiger partial charge in [0.05, 0.1) is 20.2 Å². The number of benzene rings is 1. The lowest BCUT2D eigenvalue weighted by Gasteiger charge is -2.36. The Morgan fingerprint density at radius 3 is 2.59 bits per heavy atom. The van der Waals surface area contributed by atoms with Gasteiger partial charge in [0.1, 0.15) is 11.6 Å². The second kappa shape index (κ2) is 9.88. The lowest BCUT2D eigenvalue weighted by atomic mass is 10.3. The number of carbonyl (C=O) groups is 2. The average Bonchev–Trinajstić information content (AvgIpc) is 2.74. The van der Waals surface area contributed by atoms with Crippen LogP contribution in [0.3, 0.4) is 0 Å². The third-order valence-electron chi connectivity index (χ3n) is 4.78. The third kappa shape index (κ3) is 5.92. The second-order valence-electron chi connectivity index (χ2n) is 7.01. The van der Waals surface area contributed by atoms with Crippen molar-refractivity contribution < 1.29 is 14.3 Å². The summed E-state index contributed by atoms with van der Waals surface area (Å²) in [5.74, 6) is 1.47. The molecule has 0 aliphatic carbocycles. The zero-order chi connectivity index (χ0) is 20.6. The number of carbonyl (C=O) groups excluding carboxylic acids is 2. The zero-order valence-corrected chi connectivity index (χ0v) is 16.9. The number of hydrogen-bond acceptors (Lipinski definition) is 6. The number of likely N-dealkylation sites (N-methyl/N-ethyl adjacent to an activating group) is 1. The predicted molar refractivity (Wildman–Crippen MR) is 112 cm³/mol. The van der Waals surface area contributed by atoms with Crippen LogP contribution in [0.5, 0.6) is 5.75 Å². The summed E-state index contributed by atoms with van der Waals surface area (Å²) in [7, 11) is 3.35. The minimum Gasteiger partial charge on any atom is -0.497 e. The second-order valence-corrected chi connectivity index (χ2v) is 7.01. The van der Waals surface area contributed by atoms with Crippen LogP contribution in [-0.4, -0.2) is 80.0 Å². The standard InChI is InChI=1S/C21H27N5O3/c1-24(15-20(27)23-17-6-5-7-18(14-17)29-2)16-21(28)26-12-10-25(11-13-26)19-8-3-4-9-22-19/h3-9,14H,10-13,15-16H2,1-2H3,(H,23,27). The van der Waals surface area contributed by atoms with Gasteiger partial charge in [-0.25, -0.2) is 4.98 Å². The molecule has 1 aromatic carbocycles. The van der Waals surface area contributed by atoms with Crippen LogP contribution >= 0.6 is 0 Å². The van der Waals surface area contributed by atoms with Gasteiger partial charge in [0.25, 0.3) is 0 Å². The van der Waals surface area contributed by atoms with Crippen molar-refractivity contribution in [2.45, 2.75) is 0 Å². The number of amides is 2. The number of pyridine rings is 1. The van der Waals surface area contributed by atoms with Gasteiger partial charge in [-0.1, -0.05) is 12.1 Å². The van der Waals surface area contributed by atoms with E-state index in [0.717, 1.165) is 18.9 Å². The summed E-state index contributed by atoms with van der Waals surface area (Å²) >= 11 is 0. The topological polar surface area (TPSA) is 78.0 Å². The first-order valence-corrected chi connectivity index (χ1v) is 9.61. The summed E-state index contributed by atoms with van der Waals surface area (Å²) in [4.78, 5) is 34.9. The summed E-state index contributed by atoms with van der Waals surface area (Å²) in [6.07, 6.45) is 1.78. The number of nitrogens with one attached hydrogen (secondary N) is 1. The van der Waals surface area contributed by atoms with E-state index < -0.39 is 0 Å². The molecule has 0 atom stereocenters. The van der Waals surface area contributed by atoms with Gasteiger partial charge in [-0.3, -0.25) is 14.5 Å². The molecular weight excluding hydrogens is 370 g/mol. The molecule has 0 saturated carbocycles.